The van der Waals surface area contributed by atoms with E-state index in [1.165, 1.54) is 0 Å². The Balaban J connectivity index is 1.78. The van der Waals surface area contributed by atoms with Crippen LogP contribution in [-0.2, 0) is 11.2 Å². The van der Waals surface area contributed by atoms with Crippen LogP contribution in [0.1, 0.15) is 38.1 Å². The SMILES string of the molecule is Cc1oc(-c2ccccc2)nc1CC(=O)N(C(C)C)C1CC1. The van der Waals surface area contributed by atoms with E-state index >= 15 is 0 Å². The predicted molar refractivity (Wildman–Crippen MR) is 85.4 cm³/mol. The highest BCUT2D eigenvalue weighted by Crippen LogP contribution is 2.30. The van der Waals surface area contributed by atoms with Crippen LogP contribution in [0.3, 0.4) is 0 Å². The van der Waals surface area contributed by atoms with Gasteiger partial charge < -0.3 is 9.32 Å². The number of carbonyl (C=O) groups is 1. The molecule has 1 fully saturated rings. The Bertz CT molecular complexity index is 655. The van der Waals surface area contributed by atoms with Gasteiger partial charge in [-0.1, -0.05) is 18.2 Å². The lowest BCUT2D eigenvalue weighted by molar-refractivity contribution is -0.132. The van der Waals surface area contributed by atoms with E-state index in [-0.39, 0.29) is 11.9 Å². The van der Waals surface area contributed by atoms with Gasteiger partial charge in [-0.15, -0.1) is 0 Å². The third kappa shape index (κ3) is 3.06. The van der Waals surface area contributed by atoms with Gasteiger partial charge >= 0.3 is 0 Å². The molecule has 1 aromatic heterocycles. The molecule has 0 radical (unpaired) electrons. The lowest BCUT2D eigenvalue weighted by atomic mass is 10.2. The second kappa shape index (κ2) is 5.95. The molecule has 0 aliphatic heterocycles. The van der Waals surface area contributed by atoms with E-state index in [0.29, 0.717) is 18.4 Å². The number of hydrogen-bond donors (Lipinski definition) is 0. The summed E-state index contributed by atoms with van der Waals surface area (Å²) in [5.41, 5.74) is 1.68. The Morgan fingerprint density at radius 3 is 2.59 bits per heavy atom. The third-order valence-electron chi connectivity index (χ3n) is 4.02. The Labute approximate surface area is 131 Å². The van der Waals surface area contributed by atoms with Gasteiger partial charge in [-0.2, -0.15) is 0 Å². The fraction of sp³-hybridized carbons (Fsp3) is 0.444. The topological polar surface area (TPSA) is 46.3 Å². The quantitative estimate of drug-likeness (QED) is 0.847. The Morgan fingerprint density at radius 1 is 1.32 bits per heavy atom. The van der Waals surface area contributed by atoms with E-state index in [4.69, 9.17) is 4.42 Å². The molecule has 4 nitrogen and oxygen atoms in total. The van der Waals surface area contributed by atoms with Crippen LogP contribution in [0, 0.1) is 6.92 Å². The molecular formula is C18H22N2O2. The highest BCUT2D eigenvalue weighted by molar-refractivity contribution is 5.79. The van der Waals surface area contributed by atoms with Gasteiger partial charge in [-0.25, -0.2) is 4.98 Å². The van der Waals surface area contributed by atoms with Crippen LogP contribution in [0.4, 0.5) is 0 Å². The van der Waals surface area contributed by atoms with Crippen molar-refractivity contribution >= 4 is 5.91 Å². The van der Waals surface area contributed by atoms with Gasteiger partial charge in [0.2, 0.25) is 11.8 Å². The maximum absolute atomic E-state index is 12.6. The smallest absolute Gasteiger partial charge is 0.229 e. The number of amides is 1. The van der Waals surface area contributed by atoms with Gasteiger partial charge in [0.15, 0.2) is 0 Å². The van der Waals surface area contributed by atoms with Crippen molar-refractivity contribution in [1.82, 2.24) is 9.88 Å². The van der Waals surface area contributed by atoms with Crippen LogP contribution in [0.5, 0.6) is 0 Å². The van der Waals surface area contributed by atoms with E-state index in [9.17, 15) is 4.79 Å². The van der Waals surface area contributed by atoms with Crippen LogP contribution in [0.15, 0.2) is 34.7 Å². The number of aryl methyl sites for hydroxylation is 1. The van der Waals surface area contributed by atoms with Crippen molar-refractivity contribution in [3.8, 4) is 11.5 Å². The molecule has 1 amide bonds. The maximum atomic E-state index is 12.6. The summed E-state index contributed by atoms with van der Waals surface area (Å²) in [7, 11) is 0. The average Bonchev–Trinajstić information content (AvgIpc) is 3.24. The summed E-state index contributed by atoms with van der Waals surface area (Å²) in [6, 6.07) is 10.4. The van der Waals surface area contributed by atoms with Gasteiger partial charge in [0.25, 0.3) is 0 Å². The number of benzene rings is 1. The first kappa shape index (κ1) is 14.8. The monoisotopic (exact) mass is 298 g/mol. The molecule has 0 N–H and O–H groups in total. The molecule has 3 rings (SSSR count). The molecule has 2 aromatic rings. The average molecular weight is 298 g/mol. The summed E-state index contributed by atoms with van der Waals surface area (Å²) in [6.07, 6.45) is 2.56. The Morgan fingerprint density at radius 2 is 2.00 bits per heavy atom. The zero-order valence-corrected chi connectivity index (χ0v) is 13.4. The van der Waals surface area contributed by atoms with E-state index in [1.54, 1.807) is 0 Å². The minimum atomic E-state index is 0.147. The molecular weight excluding hydrogens is 276 g/mol. The molecule has 22 heavy (non-hydrogen) atoms. The van der Waals surface area contributed by atoms with Crippen LogP contribution >= 0.6 is 0 Å². The van der Waals surface area contributed by atoms with Gasteiger partial charge in [0.1, 0.15) is 5.76 Å². The van der Waals surface area contributed by atoms with E-state index in [1.807, 2.05) is 42.2 Å². The van der Waals surface area contributed by atoms with Crippen molar-refractivity contribution in [1.29, 1.82) is 0 Å². The molecule has 1 aliphatic carbocycles. The molecule has 116 valence electrons. The number of aromatic nitrogens is 1. The summed E-state index contributed by atoms with van der Waals surface area (Å²) in [5.74, 6) is 1.46. The van der Waals surface area contributed by atoms with Gasteiger partial charge in [-0.05, 0) is 45.7 Å². The zero-order valence-electron chi connectivity index (χ0n) is 13.4. The first-order valence-electron chi connectivity index (χ1n) is 7.89. The normalized spacial score (nSPS) is 14.4. The van der Waals surface area contributed by atoms with Crippen LogP contribution in [0.2, 0.25) is 0 Å². The largest absolute Gasteiger partial charge is 0.441 e. The zero-order chi connectivity index (χ0) is 15.7. The highest BCUT2D eigenvalue weighted by Gasteiger charge is 2.34. The second-order valence-corrected chi connectivity index (χ2v) is 6.19. The van der Waals surface area contributed by atoms with Crippen molar-refractivity contribution in [3.05, 3.63) is 41.8 Å². The Kier molecular flexibility index (Phi) is 4.01. The number of nitrogens with zero attached hydrogens (tertiary/aromatic N) is 2. The lowest BCUT2D eigenvalue weighted by Gasteiger charge is -2.26. The fourth-order valence-corrected chi connectivity index (χ4v) is 2.80. The summed E-state index contributed by atoms with van der Waals surface area (Å²) >= 11 is 0. The summed E-state index contributed by atoms with van der Waals surface area (Å²) < 4.78 is 5.74. The van der Waals surface area contributed by atoms with E-state index in [2.05, 4.69) is 18.8 Å². The first-order chi connectivity index (χ1) is 10.6. The van der Waals surface area contributed by atoms with Crippen LogP contribution in [0.25, 0.3) is 11.5 Å². The fourth-order valence-electron chi connectivity index (χ4n) is 2.80. The van der Waals surface area contributed by atoms with Crippen molar-refractivity contribution < 1.29 is 9.21 Å². The number of rotatable bonds is 5. The number of hydrogen-bond acceptors (Lipinski definition) is 3. The minimum absolute atomic E-state index is 0.147. The first-order valence-corrected chi connectivity index (χ1v) is 7.89. The van der Waals surface area contributed by atoms with Gasteiger partial charge in [0.05, 0.1) is 12.1 Å². The number of carbonyl (C=O) groups excluding carboxylic acids is 1. The molecule has 0 atom stereocenters. The molecule has 0 spiro atoms. The summed E-state index contributed by atoms with van der Waals surface area (Å²) in [4.78, 5) is 19.1. The van der Waals surface area contributed by atoms with Crippen molar-refractivity contribution in [2.24, 2.45) is 0 Å². The van der Waals surface area contributed by atoms with Crippen molar-refractivity contribution in [2.45, 2.75) is 52.1 Å². The standard InChI is InChI=1S/C18H22N2O2/c1-12(2)20(15-9-10-15)17(21)11-16-13(3)22-18(19-16)14-7-5-4-6-8-14/h4-8,12,15H,9-11H2,1-3H3. The molecule has 0 bridgehead atoms. The molecule has 1 heterocycles. The second-order valence-electron chi connectivity index (χ2n) is 6.19. The summed E-state index contributed by atoms with van der Waals surface area (Å²) in [6.45, 7) is 6.02. The highest BCUT2D eigenvalue weighted by atomic mass is 16.4. The van der Waals surface area contributed by atoms with Crippen molar-refractivity contribution in [3.63, 3.8) is 0 Å². The molecule has 0 unspecified atom stereocenters. The predicted octanol–water partition coefficient (Wildman–Crippen LogP) is 3.59. The van der Waals surface area contributed by atoms with Crippen molar-refractivity contribution in [2.75, 3.05) is 0 Å². The molecule has 0 saturated heterocycles. The van der Waals surface area contributed by atoms with Gasteiger partial charge in [0, 0.05) is 17.6 Å². The van der Waals surface area contributed by atoms with Crippen LogP contribution < -0.4 is 0 Å². The maximum Gasteiger partial charge on any atom is 0.229 e. The number of oxazole rings is 1. The summed E-state index contributed by atoms with van der Waals surface area (Å²) in [5, 5.41) is 0. The molecule has 4 heteroatoms. The molecule has 1 aromatic carbocycles. The third-order valence-corrected chi connectivity index (χ3v) is 4.02. The lowest BCUT2D eigenvalue weighted by Crippen LogP contribution is -2.39. The Hall–Kier alpha value is -2.10. The molecule has 1 saturated carbocycles. The van der Waals surface area contributed by atoms with E-state index in [0.717, 1.165) is 29.9 Å². The molecule has 1 aliphatic rings. The minimum Gasteiger partial charge on any atom is -0.441 e. The van der Waals surface area contributed by atoms with E-state index < -0.39 is 0 Å². The van der Waals surface area contributed by atoms with Crippen LogP contribution in [-0.4, -0.2) is 27.9 Å². The van der Waals surface area contributed by atoms with Gasteiger partial charge in [-0.3, -0.25) is 4.79 Å².